The fourth-order valence-corrected chi connectivity index (χ4v) is 2.27. The summed E-state index contributed by atoms with van der Waals surface area (Å²) in [6.07, 6.45) is 3.98. The first-order valence-electron chi connectivity index (χ1n) is 6.87. The smallest absolute Gasteiger partial charge is 0.247 e. The summed E-state index contributed by atoms with van der Waals surface area (Å²) in [6, 6.07) is 5.66. The van der Waals surface area contributed by atoms with Gasteiger partial charge in [0.15, 0.2) is 0 Å². The van der Waals surface area contributed by atoms with Crippen LogP contribution in [0.5, 0.6) is 0 Å². The molecule has 1 amide bonds. The number of hydrogen-bond acceptors (Lipinski definition) is 4. The zero-order chi connectivity index (χ0) is 15.2. The zero-order valence-corrected chi connectivity index (χ0v) is 12.5. The van der Waals surface area contributed by atoms with E-state index in [2.05, 4.69) is 4.98 Å². The Hall–Kier alpha value is -1.75. The van der Waals surface area contributed by atoms with Crippen molar-refractivity contribution in [1.29, 1.82) is 5.41 Å². The van der Waals surface area contributed by atoms with E-state index in [0.717, 1.165) is 12.0 Å². The van der Waals surface area contributed by atoms with E-state index < -0.39 is 5.54 Å². The first-order chi connectivity index (χ1) is 9.36. The van der Waals surface area contributed by atoms with Crippen LogP contribution in [0.2, 0.25) is 0 Å². The largest absolute Gasteiger partial charge is 0.318 e. The monoisotopic (exact) mass is 276 g/mol. The Bertz CT molecular complexity index is 442. The van der Waals surface area contributed by atoms with Gasteiger partial charge in [-0.3, -0.25) is 15.2 Å². The van der Waals surface area contributed by atoms with Gasteiger partial charge >= 0.3 is 0 Å². The summed E-state index contributed by atoms with van der Waals surface area (Å²) in [4.78, 5) is 18.0. The lowest BCUT2D eigenvalue weighted by atomic mass is 9.90. The van der Waals surface area contributed by atoms with E-state index in [0.29, 0.717) is 25.3 Å². The lowest BCUT2D eigenvalue weighted by Crippen LogP contribution is -2.54. The molecule has 20 heavy (non-hydrogen) atoms. The first-order valence-corrected chi connectivity index (χ1v) is 6.87. The fraction of sp³-hybridized carbons (Fsp3) is 0.533. The van der Waals surface area contributed by atoms with Crippen molar-refractivity contribution in [2.24, 2.45) is 11.7 Å². The van der Waals surface area contributed by atoms with Crippen LogP contribution in [0.1, 0.15) is 32.9 Å². The Morgan fingerprint density at radius 2 is 2.25 bits per heavy atom. The number of nitrogens with zero attached hydrogens (tertiary/aromatic N) is 2. The van der Waals surface area contributed by atoms with Crippen molar-refractivity contribution in [2.75, 3.05) is 6.54 Å². The average Bonchev–Trinajstić information content (AvgIpc) is 2.39. The van der Waals surface area contributed by atoms with Crippen LogP contribution < -0.4 is 5.73 Å². The second-order valence-corrected chi connectivity index (χ2v) is 5.71. The fourth-order valence-electron chi connectivity index (χ4n) is 2.27. The molecule has 0 saturated heterocycles. The van der Waals surface area contributed by atoms with Crippen LogP contribution in [0.3, 0.4) is 0 Å². The molecule has 0 saturated carbocycles. The Kier molecular flexibility index (Phi) is 5.82. The quantitative estimate of drug-likeness (QED) is 0.588. The van der Waals surface area contributed by atoms with Gasteiger partial charge in [-0.25, -0.2) is 0 Å². The molecule has 1 unspecified atom stereocenters. The number of nitrogens with one attached hydrogen (secondary N) is 1. The Morgan fingerprint density at radius 3 is 2.75 bits per heavy atom. The highest BCUT2D eigenvalue weighted by atomic mass is 16.2. The number of pyridine rings is 1. The van der Waals surface area contributed by atoms with Gasteiger partial charge < -0.3 is 10.6 Å². The van der Waals surface area contributed by atoms with Crippen molar-refractivity contribution < 1.29 is 4.79 Å². The van der Waals surface area contributed by atoms with E-state index in [-0.39, 0.29) is 5.91 Å². The summed E-state index contributed by atoms with van der Waals surface area (Å²) in [6.45, 7) is 6.21. The SMILES string of the molecule is CC(C)CC(C)(N)C(=O)N(C=N)CCc1ccccn1. The normalized spacial score (nSPS) is 13.8. The van der Waals surface area contributed by atoms with Gasteiger partial charge in [-0.1, -0.05) is 19.9 Å². The highest BCUT2D eigenvalue weighted by Crippen LogP contribution is 2.16. The van der Waals surface area contributed by atoms with E-state index in [1.807, 2.05) is 32.0 Å². The lowest BCUT2D eigenvalue weighted by molar-refractivity contribution is -0.132. The predicted molar refractivity (Wildman–Crippen MR) is 80.5 cm³/mol. The number of aromatic nitrogens is 1. The molecule has 0 fully saturated rings. The van der Waals surface area contributed by atoms with E-state index in [4.69, 9.17) is 11.1 Å². The molecule has 110 valence electrons. The molecule has 1 rings (SSSR count). The number of carbonyl (C=O) groups excluding carboxylic acids is 1. The van der Waals surface area contributed by atoms with Crippen LogP contribution in [0.15, 0.2) is 24.4 Å². The van der Waals surface area contributed by atoms with Crippen molar-refractivity contribution >= 4 is 12.2 Å². The van der Waals surface area contributed by atoms with Gasteiger partial charge in [-0.2, -0.15) is 0 Å². The minimum absolute atomic E-state index is 0.211. The average molecular weight is 276 g/mol. The Labute approximate surface area is 120 Å². The zero-order valence-electron chi connectivity index (χ0n) is 12.5. The molecule has 5 nitrogen and oxygen atoms in total. The number of amides is 1. The molecule has 1 aromatic rings. The topological polar surface area (TPSA) is 83.1 Å². The van der Waals surface area contributed by atoms with Gasteiger partial charge in [0.1, 0.15) is 0 Å². The molecule has 3 N–H and O–H groups in total. The van der Waals surface area contributed by atoms with Gasteiger partial charge in [0.05, 0.1) is 11.9 Å². The minimum atomic E-state index is -0.935. The van der Waals surface area contributed by atoms with Crippen LogP contribution in [0.25, 0.3) is 0 Å². The van der Waals surface area contributed by atoms with Crippen LogP contribution >= 0.6 is 0 Å². The minimum Gasteiger partial charge on any atom is -0.318 e. The number of carbonyl (C=O) groups is 1. The summed E-state index contributed by atoms with van der Waals surface area (Å²) in [5.74, 6) is 0.120. The summed E-state index contributed by atoms with van der Waals surface area (Å²) < 4.78 is 0. The Morgan fingerprint density at radius 1 is 1.55 bits per heavy atom. The van der Waals surface area contributed by atoms with E-state index in [9.17, 15) is 4.79 Å². The third-order valence-corrected chi connectivity index (χ3v) is 3.07. The molecule has 1 aromatic heterocycles. The van der Waals surface area contributed by atoms with Crippen molar-refractivity contribution in [1.82, 2.24) is 9.88 Å². The standard InChI is InChI=1S/C15H24N4O/c1-12(2)10-15(3,17)14(20)19(11-16)9-7-13-6-4-5-8-18-13/h4-6,8,11-12,16H,7,9-10,17H2,1-3H3. The summed E-state index contributed by atoms with van der Waals surface area (Å²) >= 11 is 0. The molecule has 0 aliphatic rings. The maximum atomic E-state index is 12.4. The van der Waals surface area contributed by atoms with Crippen LogP contribution in [0, 0.1) is 11.3 Å². The maximum absolute atomic E-state index is 12.4. The van der Waals surface area contributed by atoms with E-state index >= 15 is 0 Å². The maximum Gasteiger partial charge on any atom is 0.247 e. The molecule has 0 aromatic carbocycles. The molecular formula is C15H24N4O. The van der Waals surface area contributed by atoms with Crippen molar-refractivity contribution in [3.8, 4) is 0 Å². The van der Waals surface area contributed by atoms with Crippen LogP contribution in [0.4, 0.5) is 0 Å². The highest BCUT2D eigenvalue weighted by molar-refractivity contribution is 5.93. The van der Waals surface area contributed by atoms with Gasteiger partial charge in [0.2, 0.25) is 5.91 Å². The molecule has 5 heteroatoms. The van der Waals surface area contributed by atoms with E-state index in [1.165, 1.54) is 4.90 Å². The molecule has 0 bridgehead atoms. The van der Waals surface area contributed by atoms with Gasteiger partial charge in [-0.05, 0) is 31.4 Å². The van der Waals surface area contributed by atoms with Gasteiger partial charge in [0.25, 0.3) is 0 Å². The third-order valence-electron chi connectivity index (χ3n) is 3.07. The molecule has 0 aliphatic carbocycles. The number of hydrogen-bond donors (Lipinski definition) is 2. The molecule has 0 aliphatic heterocycles. The molecule has 0 spiro atoms. The highest BCUT2D eigenvalue weighted by Gasteiger charge is 2.32. The van der Waals surface area contributed by atoms with Crippen LogP contribution in [-0.2, 0) is 11.2 Å². The second kappa shape index (κ2) is 7.14. The van der Waals surface area contributed by atoms with Crippen LogP contribution in [-0.4, -0.2) is 34.2 Å². The second-order valence-electron chi connectivity index (χ2n) is 5.71. The van der Waals surface area contributed by atoms with Crippen molar-refractivity contribution in [2.45, 2.75) is 39.2 Å². The van der Waals surface area contributed by atoms with Crippen molar-refractivity contribution in [3.63, 3.8) is 0 Å². The molecule has 0 radical (unpaired) electrons. The lowest BCUT2D eigenvalue weighted by Gasteiger charge is -2.30. The number of rotatable bonds is 7. The number of nitrogens with two attached hydrogens (primary N) is 1. The molecular weight excluding hydrogens is 252 g/mol. The molecule has 1 atom stereocenters. The van der Waals surface area contributed by atoms with Gasteiger partial charge in [-0.15, -0.1) is 0 Å². The summed E-state index contributed by atoms with van der Waals surface area (Å²) in [5.41, 5.74) is 6.06. The molecule has 1 heterocycles. The first kappa shape index (κ1) is 16.3. The summed E-state index contributed by atoms with van der Waals surface area (Å²) in [7, 11) is 0. The predicted octanol–water partition coefficient (Wildman–Crippen LogP) is 1.82. The van der Waals surface area contributed by atoms with Crippen molar-refractivity contribution in [3.05, 3.63) is 30.1 Å². The summed E-state index contributed by atoms with van der Waals surface area (Å²) in [5, 5.41) is 7.42. The van der Waals surface area contributed by atoms with Gasteiger partial charge in [0, 0.05) is 24.9 Å². The Balaban J connectivity index is 2.66. The third kappa shape index (κ3) is 4.74. The van der Waals surface area contributed by atoms with E-state index in [1.54, 1.807) is 13.1 Å².